The van der Waals surface area contributed by atoms with Gasteiger partial charge in [0.15, 0.2) is 0 Å². The van der Waals surface area contributed by atoms with Crippen molar-refractivity contribution < 1.29 is 9.53 Å². The first-order chi connectivity index (χ1) is 14.0. The number of hydrogen-bond donors (Lipinski definition) is 1. The van der Waals surface area contributed by atoms with Crippen LogP contribution >= 0.6 is 11.6 Å². The van der Waals surface area contributed by atoms with Gasteiger partial charge in [0.2, 0.25) is 0 Å². The lowest BCUT2D eigenvalue weighted by Gasteiger charge is -2.30. The van der Waals surface area contributed by atoms with Gasteiger partial charge in [-0.3, -0.25) is 4.79 Å². The Kier molecular flexibility index (Phi) is 5.79. The van der Waals surface area contributed by atoms with Crippen LogP contribution in [-0.4, -0.2) is 43.3 Å². The Hall–Kier alpha value is -2.50. The summed E-state index contributed by atoms with van der Waals surface area (Å²) in [6, 6.07) is 11.9. The van der Waals surface area contributed by atoms with Gasteiger partial charge in [-0.15, -0.1) is 0 Å². The van der Waals surface area contributed by atoms with E-state index in [9.17, 15) is 4.79 Å². The topological polar surface area (TPSA) is 46.5 Å². The van der Waals surface area contributed by atoms with Crippen LogP contribution in [-0.2, 0) is 18.2 Å². The van der Waals surface area contributed by atoms with Crippen molar-refractivity contribution in [2.24, 2.45) is 7.05 Å². The zero-order chi connectivity index (χ0) is 20.4. The van der Waals surface area contributed by atoms with Crippen LogP contribution in [0.2, 0.25) is 5.02 Å². The first-order valence-corrected chi connectivity index (χ1v) is 10.4. The number of morpholine rings is 1. The highest BCUT2D eigenvalue weighted by atomic mass is 35.5. The molecular weight excluding hydrogens is 386 g/mol. The molecule has 2 heterocycles. The molecule has 1 fully saturated rings. The fourth-order valence-corrected chi connectivity index (χ4v) is 4.24. The lowest BCUT2D eigenvalue weighted by Crippen LogP contribution is -2.37. The van der Waals surface area contributed by atoms with E-state index in [-0.39, 0.29) is 5.91 Å². The van der Waals surface area contributed by atoms with E-state index in [1.165, 1.54) is 5.56 Å². The highest BCUT2D eigenvalue weighted by molar-refractivity contribution is 6.31. The Balaban J connectivity index is 1.45. The van der Waals surface area contributed by atoms with Crippen molar-refractivity contribution in [2.75, 3.05) is 37.7 Å². The Morgan fingerprint density at radius 2 is 2.00 bits per heavy atom. The number of amides is 1. The molecule has 6 heteroatoms. The van der Waals surface area contributed by atoms with E-state index in [1.54, 1.807) is 0 Å². The molecule has 1 saturated heterocycles. The zero-order valence-corrected chi connectivity index (χ0v) is 17.6. The van der Waals surface area contributed by atoms with Crippen LogP contribution in [0.4, 0.5) is 5.69 Å². The monoisotopic (exact) mass is 411 g/mol. The van der Waals surface area contributed by atoms with Crippen LogP contribution in [0.3, 0.4) is 0 Å². The number of aryl methyl sites for hydroxylation is 1. The number of fused-ring (bicyclic) bond motifs is 1. The smallest absolute Gasteiger partial charge is 0.251 e. The van der Waals surface area contributed by atoms with Crippen molar-refractivity contribution in [1.82, 2.24) is 9.88 Å². The average molecular weight is 412 g/mol. The van der Waals surface area contributed by atoms with Gasteiger partial charge in [0, 0.05) is 60.1 Å². The third-order valence-corrected chi connectivity index (χ3v) is 5.85. The fourth-order valence-electron chi connectivity index (χ4n) is 4.07. The van der Waals surface area contributed by atoms with Gasteiger partial charge in [0.25, 0.3) is 5.91 Å². The molecule has 1 N–H and O–H groups in total. The third kappa shape index (κ3) is 4.11. The predicted molar refractivity (Wildman–Crippen MR) is 118 cm³/mol. The number of hydrogen-bond acceptors (Lipinski definition) is 3. The van der Waals surface area contributed by atoms with Crippen molar-refractivity contribution >= 4 is 34.1 Å². The molecule has 1 aliphatic heterocycles. The van der Waals surface area contributed by atoms with E-state index >= 15 is 0 Å². The summed E-state index contributed by atoms with van der Waals surface area (Å²) in [4.78, 5) is 15.1. The maximum Gasteiger partial charge on any atom is 0.251 e. The SMILES string of the molecule is Cc1c(C(=O)NCCc2cn(C)c3ccc(Cl)cc23)cccc1N1CCOCC1. The molecule has 1 aliphatic rings. The number of benzene rings is 2. The summed E-state index contributed by atoms with van der Waals surface area (Å²) in [5.41, 5.74) is 5.19. The van der Waals surface area contributed by atoms with Crippen molar-refractivity contribution in [3.63, 3.8) is 0 Å². The largest absolute Gasteiger partial charge is 0.378 e. The lowest BCUT2D eigenvalue weighted by atomic mass is 10.0. The summed E-state index contributed by atoms with van der Waals surface area (Å²) in [7, 11) is 2.03. The molecule has 4 rings (SSSR count). The minimum Gasteiger partial charge on any atom is -0.378 e. The van der Waals surface area contributed by atoms with E-state index in [4.69, 9.17) is 16.3 Å². The molecule has 152 valence electrons. The van der Waals surface area contributed by atoms with E-state index in [0.717, 1.165) is 65.5 Å². The van der Waals surface area contributed by atoms with Gasteiger partial charge in [-0.2, -0.15) is 0 Å². The van der Waals surface area contributed by atoms with Gasteiger partial charge in [0.1, 0.15) is 0 Å². The molecule has 0 radical (unpaired) electrons. The number of aromatic nitrogens is 1. The van der Waals surface area contributed by atoms with Crippen LogP contribution in [0.5, 0.6) is 0 Å². The molecule has 5 nitrogen and oxygen atoms in total. The van der Waals surface area contributed by atoms with E-state index < -0.39 is 0 Å². The minimum absolute atomic E-state index is 0.0316. The molecule has 0 bridgehead atoms. The molecule has 1 aromatic heterocycles. The van der Waals surface area contributed by atoms with Crippen LogP contribution in [0, 0.1) is 6.92 Å². The van der Waals surface area contributed by atoms with Crippen molar-refractivity contribution in [2.45, 2.75) is 13.3 Å². The van der Waals surface area contributed by atoms with Gasteiger partial charge >= 0.3 is 0 Å². The Morgan fingerprint density at radius 3 is 2.79 bits per heavy atom. The summed E-state index contributed by atoms with van der Waals surface area (Å²) in [6.45, 7) is 5.76. The average Bonchev–Trinajstić information content (AvgIpc) is 3.03. The number of rotatable bonds is 5. The van der Waals surface area contributed by atoms with E-state index in [2.05, 4.69) is 27.0 Å². The molecule has 29 heavy (non-hydrogen) atoms. The number of halogens is 1. The molecule has 0 unspecified atom stereocenters. The summed E-state index contributed by atoms with van der Waals surface area (Å²) >= 11 is 6.17. The van der Waals surface area contributed by atoms with Crippen LogP contribution in [0.1, 0.15) is 21.5 Å². The molecule has 1 amide bonds. The first-order valence-electron chi connectivity index (χ1n) is 9.98. The first kappa shape index (κ1) is 19.8. The third-order valence-electron chi connectivity index (χ3n) is 5.62. The van der Waals surface area contributed by atoms with Crippen molar-refractivity contribution in [1.29, 1.82) is 0 Å². The molecule has 0 saturated carbocycles. The number of carbonyl (C=O) groups excluding carboxylic acids is 1. The molecule has 0 spiro atoms. The van der Waals surface area contributed by atoms with Crippen LogP contribution in [0.25, 0.3) is 10.9 Å². The van der Waals surface area contributed by atoms with Gasteiger partial charge in [-0.1, -0.05) is 17.7 Å². The van der Waals surface area contributed by atoms with Crippen molar-refractivity contribution in [3.8, 4) is 0 Å². The standard InChI is InChI=1S/C23H26ClN3O2/c1-16-19(4-3-5-21(16)27-10-12-29-13-11-27)23(28)25-9-8-17-15-26(2)22-7-6-18(24)14-20(17)22/h3-7,14-15H,8-13H2,1-2H3,(H,25,28). The van der Waals surface area contributed by atoms with Gasteiger partial charge in [-0.05, 0) is 54.8 Å². The second-order valence-electron chi connectivity index (χ2n) is 7.48. The molecule has 0 atom stereocenters. The number of nitrogens with zero attached hydrogens (tertiary/aromatic N) is 2. The lowest BCUT2D eigenvalue weighted by molar-refractivity contribution is 0.0953. The fraction of sp³-hybridized carbons (Fsp3) is 0.348. The van der Waals surface area contributed by atoms with E-state index in [0.29, 0.717) is 6.54 Å². The Bertz CT molecular complexity index is 1040. The summed E-state index contributed by atoms with van der Waals surface area (Å²) < 4.78 is 7.54. The second kappa shape index (κ2) is 8.47. The maximum atomic E-state index is 12.8. The number of ether oxygens (including phenoxy) is 1. The van der Waals surface area contributed by atoms with Crippen LogP contribution < -0.4 is 10.2 Å². The molecule has 3 aromatic rings. The Labute approximate surface area is 176 Å². The number of anilines is 1. The Morgan fingerprint density at radius 1 is 1.21 bits per heavy atom. The van der Waals surface area contributed by atoms with Gasteiger partial charge in [0.05, 0.1) is 13.2 Å². The molecule has 2 aromatic carbocycles. The summed E-state index contributed by atoms with van der Waals surface area (Å²) in [5.74, 6) is -0.0316. The zero-order valence-electron chi connectivity index (χ0n) is 16.9. The van der Waals surface area contributed by atoms with Gasteiger partial charge < -0.3 is 19.5 Å². The molecule has 0 aliphatic carbocycles. The highest BCUT2D eigenvalue weighted by Gasteiger charge is 2.17. The highest BCUT2D eigenvalue weighted by Crippen LogP contribution is 2.25. The predicted octanol–water partition coefficient (Wildman–Crippen LogP) is 3.95. The number of carbonyl (C=O) groups is 1. The normalized spacial score (nSPS) is 14.4. The quantitative estimate of drug-likeness (QED) is 0.691. The minimum atomic E-state index is -0.0316. The van der Waals surface area contributed by atoms with Crippen LogP contribution in [0.15, 0.2) is 42.6 Å². The second-order valence-corrected chi connectivity index (χ2v) is 7.92. The van der Waals surface area contributed by atoms with E-state index in [1.807, 2.05) is 44.3 Å². The maximum absolute atomic E-state index is 12.8. The molecular formula is C23H26ClN3O2. The van der Waals surface area contributed by atoms with Gasteiger partial charge in [-0.25, -0.2) is 0 Å². The summed E-state index contributed by atoms with van der Waals surface area (Å²) in [5, 5.41) is 4.95. The number of nitrogens with one attached hydrogen (secondary N) is 1. The summed E-state index contributed by atoms with van der Waals surface area (Å²) in [6.07, 6.45) is 2.86. The van der Waals surface area contributed by atoms with Crippen molar-refractivity contribution in [3.05, 3.63) is 64.3 Å².